The molecule has 0 saturated carbocycles. The molecule has 0 nitrogen and oxygen atoms in total. The summed E-state index contributed by atoms with van der Waals surface area (Å²) in [6, 6.07) is 17.3. The van der Waals surface area contributed by atoms with Gasteiger partial charge in [0.2, 0.25) is 0 Å². The van der Waals surface area contributed by atoms with E-state index in [4.69, 9.17) is 0 Å². The Balaban J connectivity index is 1.89. The molecule has 0 aliphatic carbocycles. The molecule has 2 aromatic rings. The lowest BCUT2D eigenvalue weighted by Gasteiger charge is -2.01. The number of hydrogen-bond donors (Lipinski definition) is 0. The fourth-order valence-corrected chi connectivity index (χ4v) is 2.65. The van der Waals surface area contributed by atoms with E-state index in [9.17, 15) is 0 Å². The van der Waals surface area contributed by atoms with Crippen molar-refractivity contribution < 1.29 is 0 Å². The zero-order chi connectivity index (χ0) is 17.0. The minimum atomic E-state index is 1.08. The zero-order valence-corrected chi connectivity index (χ0v) is 14.9. The molecule has 2 aromatic carbocycles. The summed E-state index contributed by atoms with van der Waals surface area (Å²) in [6.07, 6.45) is 10.4. The summed E-state index contributed by atoms with van der Waals surface area (Å²) in [5, 5.41) is 0. The topological polar surface area (TPSA) is 0 Å². The Hall–Kier alpha value is -2.26. The van der Waals surface area contributed by atoms with Crippen LogP contribution < -0.4 is 0 Å². The number of rotatable bonds is 8. The van der Waals surface area contributed by atoms with Crippen molar-refractivity contribution in [2.24, 2.45) is 0 Å². The van der Waals surface area contributed by atoms with Gasteiger partial charge in [-0.3, -0.25) is 0 Å². The quantitative estimate of drug-likeness (QED) is 0.303. The predicted octanol–water partition coefficient (Wildman–Crippen LogP) is 6.33. The van der Waals surface area contributed by atoms with E-state index in [0.29, 0.717) is 0 Å². The van der Waals surface area contributed by atoms with Crippen LogP contribution >= 0.6 is 0 Å². The van der Waals surface area contributed by atoms with Gasteiger partial charge in [0.25, 0.3) is 0 Å². The normalized spacial score (nSPS) is 10.0. The Kier molecular flexibility index (Phi) is 7.91. The summed E-state index contributed by atoms with van der Waals surface area (Å²) >= 11 is 0. The van der Waals surface area contributed by atoms with E-state index in [1.54, 1.807) is 0 Å². The van der Waals surface area contributed by atoms with Gasteiger partial charge in [0.15, 0.2) is 0 Å². The van der Waals surface area contributed by atoms with Crippen molar-refractivity contribution >= 4 is 0 Å². The van der Waals surface area contributed by atoms with Crippen LogP contribution in [0, 0.1) is 11.8 Å². The molecule has 0 heteroatoms. The summed E-state index contributed by atoms with van der Waals surface area (Å²) in [6.45, 7) is 5.99. The van der Waals surface area contributed by atoms with Crippen molar-refractivity contribution in [3.8, 4) is 11.8 Å². The van der Waals surface area contributed by atoms with Crippen LogP contribution in [0.3, 0.4) is 0 Å². The molecule has 0 aliphatic rings. The van der Waals surface area contributed by atoms with Gasteiger partial charge in [0, 0.05) is 11.1 Å². The third-order valence-electron chi connectivity index (χ3n) is 4.20. The molecule has 0 saturated heterocycles. The molecule has 0 aromatic heterocycles. The van der Waals surface area contributed by atoms with Gasteiger partial charge in [-0.2, -0.15) is 0 Å². The average Bonchev–Trinajstić information content (AvgIpc) is 2.64. The maximum atomic E-state index is 3.76. The van der Waals surface area contributed by atoms with Crippen LogP contribution in [0.5, 0.6) is 0 Å². The molecule has 0 atom stereocenters. The summed E-state index contributed by atoms with van der Waals surface area (Å²) in [5.41, 5.74) is 4.97. The standard InChI is InChI=1S/C24H28/c1-3-5-7-8-10-22-13-17-24(18-14-22)20-19-23-15-11-21(12-16-23)9-6-4-2/h3,11-18H,1,4-10H2,2H3. The molecule has 0 unspecified atom stereocenters. The second-order valence-corrected chi connectivity index (χ2v) is 6.28. The molecule has 0 radical (unpaired) electrons. The molecule has 0 N–H and O–H groups in total. The second-order valence-electron chi connectivity index (χ2n) is 6.28. The number of hydrogen-bond acceptors (Lipinski definition) is 0. The van der Waals surface area contributed by atoms with Crippen molar-refractivity contribution in [1.29, 1.82) is 0 Å². The smallest absolute Gasteiger partial charge is 0.0249 e. The third-order valence-corrected chi connectivity index (χ3v) is 4.20. The largest absolute Gasteiger partial charge is 0.103 e. The lowest BCUT2D eigenvalue weighted by molar-refractivity contribution is 0.748. The van der Waals surface area contributed by atoms with E-state index < -0.39 is 0 Å². The van der Waals surface area contributed by atoms with E-state index in [2.05, 4.69) is 73.9 Å². The van der Waals surface area contributed by atoms with Gasteiger partial charge in [-0.15, -0.1) is 6.58 Å². The van der Waals surface area contributed by atoms with Gasteiger partial charge in [-0.25, -0.2) is 0 Å². The number of allylic oxidation sites excluding steroid dienone is 1. The Morgan fingerprint density at radius 3 is 1.71 bits per heavy atom. The Morgan fingerprint density at radius 2 is 1.25 bits per heavy atom. The molecule has 0 fully saturated rings. The summed E-state index contributed by atoms with van der Waals surface area (Å²) in [4.78, 5) is 0. The summed E-state index contributed by atoms with van der Waals surface area (Å²) in [7, 11) is 0. The van der Waals surface area contributed by atoms with Gasteiger partial charge in [-0.05, 0) is 73.9 Å². The highest BCUT2D eigenvalue weighted by Gasteiger charge is 1.95. The molecule has 0 bridgehead atoms. The Labute approximate surface area is 147 Å². The summed E-state index contributed by atoms with van der Waals surface area (Å²) in [5.74, 6) is 6.53. The van der Waals surface area contributed by atoms with Crippen molar-refractivity contribution in [1.82, 2.24) is 0 Å². The SMILES string of the molecule is C=CCCCCc1ccc(C#Cc2ccc(CCCC)cc2)cc1. The molecule has 0 spiro atoms. The van der Waals surface area contributed by atoms with Crippen molar-refractivity contribution in [3.63, 3.8) is 0 Å². The first kappa shape index (κ1) is 18.1. The molecular weight excluding hydrogens is 288 g/mol. The van der Waals surface area contributed by atoms with Crippen LogP contribution in [0.2, 0.25) is 0 Å². The lowest BCUT2D eigenvalue weighted by Crippen LogP contribution is -1.86. The molecule has 124 valence electrons. The molecule has 0 amide bonds. The second kappa shape index (κ2) is 10.5. The maximum Gasteiger partial charge on any atom is 0.0249 e. The van der Waals surface area contributed by atoms with Crippen LogP contribution in [0.1, 0.15) is 61.3 Å². The Morgan fingerprint density at radius 1 is 0.750 bits per heavy atom. The van der Waals surface area contributed by atoms with Crippen LogP contribution in [-0.2, 0) is 12.8 Å². The van der Waals surface area contributed by atoms with Gasteiger partial charge >= 0.3 is 0 Å². The molecule has 24 heavy (non-hydrogen) atoms. The fraction of sp³-hybridized carbons (Fsp3) is 0.333. The molecule has 0 aliphatic heterocycles. The number of aryl methyl sites for hydroxylation is 2. The van der Waals surface area contributed by atoms with Crippen LogP contribution in [0.25, 0.3) is 0 Å². The average molecular weight is 316 g/mol. The van der Waals surface area contributed by atoms with E-state index >= 15 is 0 Å². The predicted molar refractivity (Wildman–Crippen MR) is 105 cm³/mol. The van der Waals surface area contributed by atoms with Gasteiger partial charge < -0.3 is 0 Å². The first-order valence-electron chi connectivity index (χ1n) is 9.12. The van der Waals surface area contributed by atoms with Crippen molar-refractivity contribution in [2.45, 2.75) is 51.9 Å². The molecule has 2 rings (SSSR count). The minimum Gasteiger partial charge on any atom is -0.103 e. The third kappa shape index (κ3) is 6.47. The van der Waals surface area contributed by atoms with Crippen molar-refractivity contribution in [2.75, 3.05) is 0 Å². The van der Waals surface area contributed by atoms with Gasteiger partial charge in [-0.1, -0.05) is 55.5 Å². The van der Waals surface area contributed by atoms with E-state index in [0.717, 1.165) is 24.0 Å². The molecule has 0 heterocycles. The van der Waals surface area contributed by atoms with E-state index in [-0.39, 0.29) is 0 Å². The van der Waals surface area contributed by atoms with Crippen LogP contribution in [-0.4, -0.2) is 0 Å². The van der Waals surface area contributed by atoms with E-state index in [1.165, 1.54) is 43.2 Å². The van der Waals surface area contributed by atoms with Gasteiger partial charge in [0.1, 0.15) is 0 Å². The molecular formula is C24H28. The highest BCUT2D eigenvalue weighted by molar-refractivity contribution is 5.44. The minimum absolute atomic E-state index is 1.08. The monoisotopic (exact) mass is 316 g/mol. The first-order chi connectivity index (χ1) is 11.8. The summed E-state index contributed by atoms with van der Waals surface area (Å²) < 4.78 is 0. The highest BCUT2D eigenvalue weighted by atomic mass is 14.0. The zero-order valence-electron chi connectivity index (χ0n) is 14.9. The lowest BCUT2D eigenvalue weighted by atomic mass is 10.0. The van der Waals surface area contributed by atoms with Crippen LogP contribution in [0.15, 0.2) is 61.2 Å². The first-order valence-corrected chi connectivity index (χ1v) is 9.12. The van der Waals surface area contributed by atoms with Crippen molar-refractivity contribution in [3.05, 3.63) is 83.4 Å². The van der Waals surface area contributed by atoms with Crippen LogP contribution in [0.4, 0.5) is 0 Å². The fourth-order valence-electron chi connectivity index (χ4n) is 2.65. The maximum absolute atomic E-state index is 3.76. The van der Waals surface area contributed by atoms with Gasteiger partial charge in [0.05, 0.1) is 0 Å². The number of benzene rings is 2. The van der Waals surface area contributed by atoms with E-state index in [1.807, 2.05) is 6.08 Å². The number of unbranched alkanes of at least 4 members (excludes halogenated alkanes) is 3. The Bertz CT molecular complexity index is 663. The highest BCUT2D eigenvalue weighted by Crippen LogP contribution is 2.10.